The summed E-state index contributed by atoms with van der Waals surface area (Å²) >= 11 is 0. The van der Waals surface area contributed by atoms with Crippen LogP contribution >= 0.6 is 0 Å². The van der Waals surface area contributed by atoms with E-state index in [9.17, 15) is 0 Å². The van der Waals surface area contributed by atoms with Crippen LogP contribution in [-0.4, -0.2) is 44.3 Å². The largest absolute Gasteiger partial charge is 0.381 e. The molecule has 0 amide bonds. The summed E-state index contributed by atoms with van der Waals surface area (Å²) < 4.78 is 16.9. The van der Waals surface area contributed by atoms with Gasteiger partial charge in [-0.05, 0) is 52.5 Å². The quantitative estimate of drug-likeness (QED) is 0.817. The Bertz CT molecular complexity index is 251. The van der Waals surface area contributed by atoms with Crippen LogP contribution < -0.4 is 5.32 Å². The standard InChI is InChI=1S/C14H27NO3/c1-11(12-5-4-8-16-9-12)15-7-6-13-10-17-14(2,3)18-13/h11-13,15H,4-10H2,1-3H3. The van der Waals surface area contributed by atoms with Crippen molar-refractivity contribution in [3.63, 3.8) is 0 Å². The lowest BCUT2D eigenvalue weighted by atomic mass is 9.95. The molecule has 0 radical (unpaired) electrons. The van der Waals surface area contributed by atoms with Crippen LogP contribution in [0.15, 0.2) is 0 Å². The van der Waals surface area contributed by atoms with Gasteiger partial charge in [0.25, 0.3) is 0 Å². The molecule has 0 aromatic heterocycles. The monoisotopic (exact) mass is 257 g/mol. The van der Waals surface area contributed by atoms with Gasteiger partial charge in [-0.15, -0.1) is 0 Å². The zero-order chi connectivity index (χ0) is 13.0. The molecule has 3 unspecified atom stereocenters. The molecule has 3 atom stereocenters. The van der Waals surface area contributed by atoms with Gasteiger partial charge in [-0.25, -0.2) is 0 Å². The van der Waals surface area contributed by atoms with Crippen molar-refractivity contribution < 1.29 is 14.2 Å². The molecule has 2 aliphatic heterocycles. The van der Waals surface area contributed by atoms with Gasteiger partial charge in [0.15, 0.2) is 5.79 Å². The van der Waals surface area contributed by atoms with Crippen LogP contribution in [-0.2, 0) is 14.2 Å². The van der Waals surface area contributed by atoms with Crippen LogP contribution in [0.2, 0.25) is 0 Å². The van der Waals surface area contributed by atoms with Crippen molar-refractivity contribution in [1.29, 1.82) is 0 Å². The minimum atomic E-state index is -0.395. The van der Waals surface area contributed by atoms with E-state index < -0.39 is 5.79 Å². The first-order valence-corrected chi connectivity index (χ1v) is 7.20. The zero-order valence-electron chi connectivity index (χ0n) is 11.9. The molecule has 1 N–H and O–H groups in total. The first-order chi connectivity index (χ1) is 8.57. The van der Waals surface area contributed by atoms with E-state index in [1.54, 1.807) is 0 Å². The van der Waals surface area contributed by atoms with Crippen molar-refractivity contribution in [2.45, 2.75) is 58.0 Å². The first-order valence-electron chi connectivity index (χ1n) is 7.20. The third-order valence-electron chi connectivity index (χ3n) is 3.90. The lowest BCUT2D eigenvalue weighted by Crippen LogP contribution is -2.39. The average molecular weight is 257 g/mol. The number of hydrogen-bond acceptors (Lipinski definition) is 4. The predicted molar refractivity (Wildman–Crippen MR) is 70.5 cm³/mol. The summed E-state index contributed by atoms with van der Waals surface area (Å²) in [7, 11) is 0. The predicted octanol–water partition coefficient (Wildman–Crippen LogP) is 1.93. The summed E-state index contributed by atoms with van der Waals surface area (Å²) in [5, 5.41) is 3.59. The Balaban J connectivity index is 1.60. The number of nitrogens with one attached hydrogen (secondary N) is 1. The van der Waals surface area contributed by atoms with Gasteiger partial charge >= 0.3 is 0 Å². The molecule has 0 aliphatic carbocycles. The normalized spacial score (nSPS) is 33.5. The molecule has 4 heteroatoms. The van der Waals surface area contributed by atoms with E-state index in [1.165, 1.54) is 12.8 Å². The third-order valence-corrected chi connectivity index (χ3v) is 3.90. The van der Waals surface area contributed by atoms with Gasteiger partial charge in [-0.1, -0.05) is 0 Å². The third kappa shape index (κ3) is 4.19. The highest BCUT2D eigenvalue weighted by atomic mass is 16.7. The topological polar surface area (TPSA) is 39.7 Å². The Morgan fingerprint density at radius 2 is 2.17 bits per heavy atom. The van der Waals surface area contributed by atoms with Crippen LogP contribution in [0.25, 0.3) is 0 Å². The average Bonchev–Trinajstić information content (AvgIpc) is 2.70. The summed E-state index contributed by atoms with van der Waals surface area (Å²) in [5.41, 5.74) is 0. The number of rotatable bonds is 5. The van der Waals surface area contributed by atoms with Gasteiger partial charge in [-0.2, -0.15) is 0 Å². The Morgan fingerprint density at radius 1 is 1.33 bits per heavy atom. The van der Waals surface area contributed by atoms with Crippen molar-refractivity contribution in [3.05, 3.63) is 0 Å². The van der Waals surface area contributed by atoms with E-state index in [0.717, 1.165) is 32.8 Å². The summed E-state index contributed by atoms with van der Waals surface area (Å²) in [6, 6.07) is 0.528. The molecule has 2 rings (SSSR count). The Morgan fingerprint density at radius 3 is 2.78 bits per heavy atom. The molecule has 106 valence electrons. The van der Waals surface area contributed by atoms with Crippen molar-refractivity contribution in [3.8, 4) is 0 Å². The number of ether oxygens (including phenoxy) is 3. The molecule has 2 saturated heterocycles. The molecule has 0 aromatic carbocycles. The first kappa shape index (κ1) is 14.3. The molecule has 4 nitrogen and oxygen atoms in total. The summed E-state index contributed by atoms with van der Waals surface area (Å²) in [6.07, 6.45) is 3.73. The van der Waals surface area contributed by atoms with E-state index in [1.807, 2.05) is 13.8 Å². The molecule has 2 fully saturated rings. The maximum absolute atomic E-state index is 5.79. The second kappa shape index (κ2) is 6.33. The highest BCUT2D eigenvalue weighted by molar-refractivity contribution is 4.76. The van der Waals surface area contributed by atoms with E-state index >= 15 is 0 Å². The van der Waals surface area contributed by atoms with Crippen LogP contribution in [0.5, 0.6) is 0 Å². The van der Waals surface area contributed by atoms with Gasteiger partial charge in [0, 0.05) is 12.6 Å². The highest BCUT2D eigenvalue weighted by Crippen LogP contribution is 2.24. The summed E-state index contributed by atoms with van der Waals surface area (Å²) in [6.45, 7) is 9.76. The minimum Gasteiger partial charge on any atom is -0.381 e. The molecular weight excluding hydrogens is 230 g/mol. The summed E-state index contributed by atoms with van der Waals surface area (Å²) in [5.74, 6) is 0.268. The number of hydrogen-bond donors (Lipinski definition) is 1. The molecular formula is C14H27NO3. The van der Waals surface area contributed by atoms with Crippen LogP contribution in [0.3, 0.4) is 0 Å². The molecule has 2 aliphatic rings. The molecule has 0 bridgehead atoms. The molecule has 0 spiro atoms. The van der Waals surface area contributed by atoms with Crippen LogP contribution in [0.4, 0.5) is 0 Å². The van der Waals surface area contributed by atoms with Gasteiger partial charge in [0.05, 0.1) is 19.3 Å². The minimum absolute atomic E-state index is 0.238. The molecule has 18 heavy (non-hydrogen) atoms. The van der Waals surface area contributed by atoms with E-state index in [0.29, 0.717) is 12.0 Å². The Hall–Kier alpha value is -0.160. The van der Waals surface area contributed by atoms with Crippen LogP contribution in [0, 0.1) is 5.92 Å². The smallest absolute Gasteiger partial charge is 0.163 e. The second-order valence-corrected chi connectivity index (χ2v) is 5.96. The van der Waals surface area contributed by atoms with Gasteiger partial charge in [0.2, 0.25) is 0 Å². The van der Waals surface area contributed by atoms with E-state index in [2.05, 4.69) is 12.2 Å². The lowest BCUT2D eigenvalue weighted by molar-refractivity contribution is -0.138. The maximum Gasteiger partial charge on any atom is 0.163 e. The SMILES string of the molecule is CC(NCCC1COC(C)(C)O1)C1CCCOC1. The van der Waals surface area contributed by atoms with Crippen molar-refractivity contribution >= 4 is 0 Å². The summed E-state index contributed by atoms with van der Waals surface area (Å²) in [4.78, 5) is 0. The fourth-order valence-corrected chi connectivity index (χ4v) is 2.70. The maximum atomic E-state index is 5.79. The molecule has 0 saturated carbocycles. The van der Waals surface area contributed by atoms with Crippen molar-refractivity contribution in [2.75, 3.05) is 26.4 Å². The van der Waals surface area contributed by atoms with Crippen LogP contribution in [0.1, 0.15) is 40.0 Å². The zero-order valence-corrected chi connectivity index (χ0v) is 11.9. The van der Waals surface area contributed by atoms with E-state index in [4.69, 9.17) is 14.2 Å². The van der Waals surface area contributed by atoms with E-state index in [-0.39, 0.29) is 6.10 Å². The lowest BCUT2D eigenvalue weighted by Gasteiger charge is -2.28. The van der Waals surface area contributed by atoms with Gasteiger partial charge in [-0.3, -0.25) is 0 Å². The Kier molecular flexibility index (Phi) is 5.01. The van der Waals surface area contributed by atoms with Crippen molar-refractivity contribution in [2.24, 2.45) is 5.92 Å². The van der Waals surface area contributed by atoms with Gasteiger partial charge < -0.3 is 19.5 Å². The second-order valence-electron chi connectivity index (χ2n) is 5.96. The fraction of sp³-hybridized carbons (Fsp3) is 1.00. The Labute approximate surface area is 110 Å². The fourth-order valence-electron chi connectivity index (χ4n) is 2.70. The molecule has 0 aromatic rings. The van der Waals surface area contributed by atoms with Crippen molar-refractivity contribution in [1.82, 2.24) is 5.32 Å². The highest BCUT2D eigenvalue weighted by Gasteiger charge is 2.32. The van der Waals surface area contributed by atoms with Gasteiger partial charge in [0.1, 0.15) is 0 Å². The molecule has 2 heterocycles.